The van der Waals surface area contributed by atoms with Crippen LogP contribution in [0.15, 0.2) is 28.6 Å². The Kier molecular flexibility index (Phi) is 5.41. The Hall–Kier alpha value is -1.09. The van der Waals surface area contributed by atoms with E-state index >= 15 is 0 Å². The normalized spacial score (nSPS) is 14.1. The smallest absolute Gasteiger partial charge is 0.151 e. The third-order valence-corrected chi connectivity index (χ3v) is 5.29. The highest BCUT2D eigenvalue weighted by Crippen LogP contribution is 2.30. The molecule has 2 aromatic rings. The molecule has 1 heterocycles. The highest BCUT2D eigenvalue weighted by molar-refractivity contribution is 8.01. The van der Waals surface area contributed by atoms with Gasteiger partial charge in [0, 0.05) is 5.75 Å². The van der Waals surface area contributed by atoms with Gasteiger partial charge in [-0.15, -0.1) is 11.3 Å². The predicted octanol–water partition coefficient (Wildman–Crippen LogP) is 4.06. The Morgan fingerprint density at radius 2 is 2.25 bits per heavy atom. The van der Waals surface area contributed by atoms with Crippen molar-refractivity contribution in [3.8, 4) is 6.07 Å². The first kappa shape index (κ1) is 15.3. The van der Waals surface area contributed by atoms with Gasteiger partial charge in [0.15, 0.2) is 4.34 Å². The maximum Gasteiger partial charge on any atom is 0.151 e. The highest BCUT2D eigenvalue weighted by atomic mass is 32.2. The third-order valence-electron chi connectivity index (χ3n) is 3.11. The van der Waals surface area contributed by atoms with Crippen molar-refractivity contribution in [3.63, 3.8) is 0 Å². The molecule has 3 nitrogen and oxygen atoms in total. The molecule has 20 heavy (non-hydrogen) atoms. The molecule has 0 fully saturated rings. The van der Waals surface area contributed by atoms with Gasteiger partial charge in [-0.05, 0) is 38.4 Å². The summed E-state index contributed by atoms with van der Waals surface area (Å²) in [5, 5.41) is 12.6. The molecular weight excluding hydrogens is 286 g/mol. The molecule has 0 amide bonds. The van der Waals surface area contributed by atoms with Crippen molar-refractivity contribution in [1.82, 2.24) is 10.3 Å². The van der Waals surface area contributed by atoms with Gasteiger partial charge in [-0.3, -0.25) is 5.32 Å². The lowest BCUT2D eigenvalue weighted by Crippen LogP contribution is -2.41. The van der Waals surface area contributed by atoms with Gasteiger partial charge in [0.1, 0.15) is 5.54 Å². The first-order chi connectivity index (χ1) is 9.67. The van der Waals surface area contributed by atoms with E-state index in [9.17, 15) is 5.26 Å². The maximum atomic E-state index is 9.29. The number of hydrogen-bond donors (Lipinski definition) is 1. The molecule has 0 radical (unpaired) electrons. The van der Waals surface area contributed by atoms with Gasteiger partial charge in [-0.1, -0.05) is 30.8 Å². The summed E-state index contributed by atoms with van der Waals surface area (Å²) in [5.41, 5.74) is 0.631. The van der Waals surface area contributed by atoms with Crippen LogP contribution in [-0.4, -0.2) is 22.8 Å². The molecule has 1 aromatic heterocycles. The number of nitrogens with one attached hydrogen (secondary N) is 1. The average molecular weight is 305 g/mol. The van der Waals surface area contributed by atoms with Crippen LogP contribution in [0, 0.1) is 11.3 Å². The molecule has 1 aromatic carbocycles. The largest absolute Gasteiger partial charge is 0.300 e. The molecule has 1 N–H and O–H groups in total. The van der Waals surface area contributed by atoms with Crippen molar-refractivity contribution in [2.45, 2.75) is 36.6 Å². The standard InChI is InChI=1S/C15H19N3S2/c1-3-9-17-15(2,11-16)8-10-19-14-18-12-6-4-5-7-13(12)20-14/h4-7,17H,3,8-10H2,1-2H3. The van der Waals surface area contributed by atoms with Gasteiger partial charge in [-0.25, -0.2) is 4.98 Å². The Morgan fingerprint density at radius 3 is 2.95 bits per heavy atom. The van der Waals surface area contributed by atoms with Crippen LogP contribution in [0.3, 0.4) is 0 Å². The van der Waals surface area contributed by atoms with E-state index in [1.165, 1.54) is 4.70 Å². The number of thiazole rings is 1. The van der Waals surface area contributed by atoms with Crippen LogP contribution in [0.5, 0.6) is 0 Å². The van der Waals surface area contributed by atoms with E-state index in [-0.39, 0.29) is 0 Å². The summed E-state index contributed by atoms with van der Waals surface area (Å²) in [6.45, 7) is 4.97. The second-order valence-electron chi connectivity index (χ2n) is 4.92. The van der Waals surface area contributed by atoms with Crippen LogP contribution in [0.2, 0.25) is 0 Å². The average Bonchev–Trinajstić information content (AvgIpc) is 2.87. The minimum absolute atomic E-state index is 0.431. The Balaban J connectivity index is 1.90. The first-order valence-corrected chi connectivity index (χ1v) is 8.62. The van der Waals surface area contributed by atoms with Crippen molar-refractivity contribution in [2.75, 3.05) is 12.3 Å². The molecule has 0 aliphatic carbocycles. The van der Waals surface area contributed by atoms with Crippen LogP contribution in [0.25, 0.3) is 10.2 Å². The number of aromatic nitrogens is 1. The van der Waals surface area contributed by atoms with Crippen LogP contribution in [0.1, 0.15) is 26.7 Å². The third kappa shape index (κ3) is 3.95. The summed E-state index contributed by atoms with van der Waals surface area (Å²) in [6.07, 6.45) is 1.87. The van der Waals surface area contributed by atoms with E-state index < -0.39 is 5.54 Å². The fourth-order valence-corrected chi connectivity index (χ4v) is 4.14. The van der Waals surface area contributed by atoms with Gasteiger partial charge in [0.05, 0.1) is 16.3 Å². The number of thioether (sulfide) groups is 1. The predicted molar refractivity (Wildman–Crippen MR) is 87.3 cm³/mol. The van der Waals surface area contributed by atoms with Crippen LogP contribution >= 0.6 is 23.1 Å². The Morgan fingerprint density at radius 1 is 1.45 bits per heavy atom. The van der Waals surface area contributed by atoms with Gasteiger partial charge in [0.25, 0.3) is 0 Å². The summed E-state index contributed by atoms with van der Waals surface area (Å²) < 4.78 is 2.31. The zero-order chi connectivity index (χ0) is 14.4. The molecule has 106 valence electrons. The van der Waals surface area contributed by atoms with Gasteiger partial charge >= 0.3 is 0 Å². The zero-order valence-electron chi connectivity index (χ0n) is 11.8. The molecule has 5 heteroatoms. The summed E-state index contributed by atoms with van der Waals surface area (Å²) in [5.74, 6) is 0.903. The molecule has 0 saturated carbocycles. The van der Waals surface area contributed by atoms with Crippen molar-refractivity contribution >= 4 is 33.3 Å². The van der Waals surface area contributed by atoms with Crippen molar-refractivity contribution in [2.24, 2.45) is 0 Å². The summed E-state index contributed by atoms with van der Waals surface area (Å²) in [4.78, 5) is 4.60. The monoisotopic (exact) mass is 305 g/mol. The summed E-state index contributed by atoms with van der Waals surface area (Å²) in [6, 6.07) is 10.6. The maximum absolute atomic E-state index is 9.29. The lowest BCUT2D eigenvalue weighted by molar-refractivity contribution is 0.437. The topological polar surface area (TPSA) is 48.7 Å². The van der Waals surface area contributed by atoms with E-state index in [0.29, 0.717) is 0 Å². The second kappa shape index (κ2) is 7.07. The van der Waals surface area contributed by atoms with Crippen molar-refractivity contribution in [3.05, 3.63) is 24.3 Å². The Bertz CT molecular complexity index is 569. The molecular formula is C15H19N3S2. The molecule has 1 atom stereocenters. The Labute approximate surface area is 128 Å². The summed E-state index contributed by atoms with van der Waals surface area (Å²) >= 11 is 3.46. The fraction of sp³-hybridized carbons (Fsp3) is 0.467. The quantitative estimate of drug-likeness (QED) is 0.784. The van der Waals surface area contributed by atoms with E-state index in [1.54, 1.807) is 23.1 Å². The highest BCUT2D eigenvalue weighted by Gasteiger charge is 2.22. The van der Waals surface area contributed by atoms with Crippen molar-refractivity contribution < 1.29 is 0 Å². The van der Waals surface area contributed by atoms with Gasteiger partial charge < -0.3 is 0 Å². The molecule has 1 unspecified atom stereocenters. The lowest BCUT2D eigenvalue weighted by atomic mass is 10.0. The van der Waals surface area contributed by atoms with Gasteiger partial charge in [-0.2, -0.15) is 5.26 Å². The van der Waals surface area contributed by atoms with Gasteiger partial charge in [0.2, 0.25) is 0 Å². The minimum atomic E-state index is -0.431. The second-order valence-corrected chi connectivity index (χ2v) is 7.29. The molecule has 0 spiro atoms. The zero-order valence-corrected chi connectivity index (χ0v) is 13.5. The van der Waals surface area contributed by atoms with E-state index in [2.05, 4.69) is 29.4 Å². The molecule has 0 aliphatic heterocycles. The number of benzene rings is 1. The SMILES string of the molecule is CCCNC(C)(C#N)CCSc1nc2ccccc2s1. The van der Waals surface area contributed by atoms with Crippen molar-refractivity contribution in [1.29, 1.82) is 5.26 Å². The van der Waals surface area contributed by atoms with E-state index in [4.69, 9.17) is 0 Å². The van der Waals surface area contributed by atoms with E-state index in [1.807, 2.05) is 25.1 Å². The number of fused-ring (bicyclic) bond motifs is 1. The molecule has 2 rings (SSSR count). The molecule has 0 saturated heterocycles. The summed E-state index contributed by atoms with van der Waals surface area (Å²) in [7, 11) is 0. The number of nitriles is 1. The molecule has 0 aliphatic rings. The number of nitrogens with zero attached hydrogens (tertiary/aromatic N) is 2. The van der Waals surface area contributed by atoms with Crippen LogP contribution in [-0.2, 0) is 0 Å². The first-order valence-electron chi connectivity index (χ1n) is 6.81. The lowest BCUT2D eigenvalue weighted by Gasteiger charge is -2.22. The fourth-order valence-electron chi connectivity index (χ4n) is 1.84. The minimum Gasteiger partial charge on any atom is -0.300 e. The van der Waals surface area contributed by atoms with Crippen LogP contribution in [0.4, 0.5) is 0 Å². The van der Waals surface area contributed by atoms with Crippen LogP contribution < -0.4 is 5.32 Å². The number of hydrogen-bond acceptors (Lipinski definition) is 5. The molecule has 0 bridgehead atoms. The van der Waals surface area contributed by atoms with E-state index in [0.717, 1.165) is 35.0 Å². The number of para-hydroxylation sites is 1. The number of rotatable bonds is 7.